The van der Waals surface area contributed by atoms with E-state index >= 15 is 0 Å². The van der Waals surface area contributed by atoms with Crippen LogP contribution in [-0.4, -0.2) is 40.8 Å². The summed E-state index contributed by atoms with van der Waals surface area (Å²) in [7, 11) is 0. The summed E-state index contributed by atoms with van der Waals surface area (Å²) in [5.41, 5.74) is 3.41. The van der Waals surface area contributed by atoms with Crippen LogP contribution in [0.5, 0.6) is 0 Å². The largest absolute Gasteiger partial charge is 0.361 e. The van der Waals surface area contributed by atoms with Gasteiger partial charge in [-0.05, 0) is 36.1 Å². The fourth-order valence-electron chi connectivity index (χ4n) is 4.03. The van der Waals surface area contributed by atoms with Gasteiger partial charge in [0.15, 0.2) is 0 Å². The first-order valence-corrected chi connectivity index (χ1v) is 10.6. The second kappa shape index (κ2) is 8.76. The molecule has 0 spiro atoms. The molecule has 5 nitrogen and oxygen atoms in total. The Morgan fingerprint density at radius 3 is 2.55 bits per heavy atom. The number of halogens is 1. The molecule has 0 radical (unpaired) electrons. The molecule has 0 aliphatic carbocycles. The van der Waals surface area contributed by atoms with Gasteiger partial charge in [-0.3, -0.25) is 9.59 Å². The van der Waals surface area contributed by atoms with Crippen LogP contribution in [0.3, 0.4) is 0 Å². The zero-order valence-corrected chi connectivity index (χ0v) is 17.7. The summed E-state index contributed by atoms with van der Waals surface area (Å²) < 4.78 is 14.0. The second-order valence-corrected chi connectivity index (χ2v) is 8.19. The number of rotatable bonds is 5. The number of nitrogens with one attached hydrogen (secondary N) is 2. The molecule has 1 atom stereocenters. The van der Waals surface area contributed by atoms with E-state index in [1.54, 1.807) is 11.0 Å². The number of fused-ring (bicyclic) bond motifs is 1. The summed E-state index contributed by atoms with van der Waals surface area (Å²) in [6.45, 7) is 4.80. The molecule has 2 heterocycles. The molecule has 0 saturated heterocycles. The van der Waals surface area contributed by atoms with Crippen molar-refractivity contribution in [2.45, 2.75) is 26.3 Å². The molecule has 2 aromatic carbocycles. The van der Waals surface area contributed by atoms with Crippen LogP contribution in [0.15, 0.2) is 60.8 Å². The lowest BCUT2D eigenvalue weighted by Gasteiger charge is -2.32. The summed E-state index contributed by atoms with van der Waals surface area (Å²) >= 11 is 0. The maximum absolute atomic E-state index is 14.0. The normalized spacial score (nSPS) is 15.1. The molecule has 1 aromatic heterocycles. The van der Waals surface area contributed by atoms with Gasteiger partial charge in [0, 0.05) is 35.8 Å². The van der Waals surface area contributed by atoms with Crippen LogP contribution in [0.25, 0.3) is 16.5 Å². The van der Waals surface area contributed by atoms with E-state index in [0.717, 1.165) is 17.5 Å². The number of benzene rings is 2. The van der Waals surface area contributed by atoms with Gasteiger partial charge in [0.1, 0.15) is 11.9 Å². The number of H-pyrrole nitrogens is 1. The first kappa shape index (κ1) is 20.8. The molecule has 1 unspecified atom stereocenters. The van der Waals surface area contributed by atoms with Gasteiger partial charge in [-0.25, -0.2) is 4.39 Å². The highest BCUT2D eigenvalue weighted by Gasteiger charge is 2.30. The molecule has 4 rings (SSSR count). The predicted molar refractivity (Wildman–Crippen MR) is 120 cm³/mol. The van der Waals surface area contributed by atoms with Gasteiger partial charge < -0.3 is 15.2 Å². The minimum Gasteiger partial charge on any atom is -0.361 e. The lowest BCUT2D eigenvalue weighted by atomic mass is 9.97. The molecular weight excluding hydrogens is 393 g/mol. The Bertz CT molecular complexity index is 1150. The summed E-state index contributed by atoms with van der Waals surface area (Å²) in [5, 5.41) is 3.91. The highest BCUT2D eigenvalue weighted by molar-refractivity contribution is 5.98. The van der Waals surface area contributed by atoms with Crippen LogP contribution >= 0.6 is 0 Å². The number of amides is 2. The van der Waals surface area contributed by atoms with Crippen molar-refractivity contribution in [2.24, 2.45) is 5.92 Å². The maximum Gasteiger partial charge on any atom is 0.254 e. The first-order valence-electron chi connectivity index (χ1n) is 10.6. The average Bonchev–Trinajstić information content (AvgIpc) is 3.21. The van der Waals surface area contributed by atoms with Crippen molar-refractivity contribution >= 4 is 28.3 Å². The first-order chi connectivity index (χ1) is 15.0. The van der Waals surface area contributed by atoms with E-state index in [9.17, 15) is 14.0 Å². The van der Waals surface area contributed by atoms with E-state index in [4.69, 9.17) is 0 Å². The summed E-state index contributed by atoms with van der Waals surface area (Å²) in [5.74, 6) is -1.44. The van der Waals surface area contributed by atoms with E-state index < -0.39 is 17.8 Å². The number of hydrogen-bond acceptors (Lipinski definition) is 2. The van der Waals surface area contributed by atoms with Crippen LogP contribution in [0.1, 0.15) is 36.2 Å². The standard InChI is InChI=1S/C25H26FN3O2/c1-16(2)23(28-24(30)19-8-3-5-9-21(19)26)25(31)29-13-11-17(12-14-29)20-15-27-22-10-6-4-7-18(20)22/h3-11,15-16,23,27H,12-14H2,1-2H3,(H,28,30). The topological polar surface area (TPSA) is 65.2 Å². The van der Waals surface area contributed by atoms with Gasteiger partial charge in [-0.15, -0.1) is 0 Å². The van der Waals surface area contributed by atoms with Crippen molar-refractivity contribution in [3.63, 3.8) is 0 Å². The zero-order chi connectivity index (χ0) is 22.0. The van der Waals surface area contributed by atoms with Crippen molar-refractivity contribution in [1.29, 1.82) is 0 Å². The molecule has 2 N–H and O–H groups in total. The summed E-state index contributed by atoms with van der Waals surface area (Å²) in [4.78, 5) is 30.8. The third-order valence-corrected chi connectivity index (χ3v) is 5.79. The third-order valence-electron chi connectivity index (χ3n) is 5.79. The lowest BCUT2D eigenvalue weighted by Crippen LogP contribution is -2.52. The van der Waals surface area contributed by atoms with Gasteiger partial charge >= 0.3 is 0 Å². The smallest absolute Gasteiger partial charge is 0.254 e. The number of carbonyl (C=O) groups is 2. The van der Waals surface area contributed by atoms with Gasteiger partial charge in [0.2, 0.25) is 5.91 Å². The quantitative estimate of drug-likeness (QED) is 0.645. The zero-order valence-electron chi connectivity index (χ0n) is 17.7. The number of aromatic amines is 1. The monoisotopic (exact) mass is 419 g/mol. The molecule has 1 aliphatic heterocycles. The van der Waals surface area contributed by atoms with Gasteiger partial charge in [0.05, 0.1) is 5.56 Å². The molecule has 160 valence electrons. The number of aromatic nitrogens is 1. The Hall–Kier alpha value is -3.41. The van der Waals surface area contributed by atoms with Crippen LogP contribution in [-0.2, 0) is 4.79 Å². The fourth-order valence-corrected chi connectivity index (χ4v) is 4.03. The molecule has 0 bridgehead atoms. The van der Waals surface area contributed by atoms with Gasteiger partial charge in [-0.2, -0.15) is 0 Å². The van der Waals surface area contributed by atoms with E-state index in [-0.39, 0.29) is 17.4 Å². The summed E-state index contributed by atoms with van der Waals surface area (Å²) in [6.07, 6.45) is 4.83. The van der Waals surface area contributed by atoms with E-state index in [1.807, 2.05) is 38.2 Å². The van der Waals surface area contributed by atoms with Crippen molar-refractivity contribution in [3.05, 3.63) is 77.7 Å². The highest BCUT2D eigenvalue weighted by atomic mass is 19.1. The maximum atomic E-state index is 14.0. The third kappa shape index (κ3) is 4.24. The second-order valence-electron chi connectivity index (χ2n) is 8.19. The van der Waals surface area contributed by atoms with Crippen LogP contribution in [0, 0.1) is 11.7 Å². The Labute approximate surface area is 180 Å². The molecule has 0 saturated carbocycles. The predicted octanol–water partition coefficient (Wildman–Crippen LogP) is 4.38. The Kier molecular flexibility index (Phi) is 5.89. The number of carbonyl (C=O) groups excluding carboxylic acids is 2. The fraction of sp³-hybridized carbons (Fsp3) is 0.280. The van der Waals surface area contributed by atoms with Crippen molar-refractivity contribution in [2.75, 3.05) is 13.1 Å². The van der Waals surface area contributed by atoms with Crippen molar-refractivity contribution < 1.29 is 14.0 Å². The molecule has 0 fully saturated rings. The van der Waals surface area contributed by atoms with Crippen LogP contribution < -0.4 is 5.32 Å². The number of nitrogens with zero attached hydrogens (tertiary/aromatic N) is 1. The van der Waals surface area contributed by atoms with E-state index in [1.165, 1.54) is 29.2 Å². The minimum atomic E-state index is -0.713. The van der Waals surface area contributed by atoms with Crippen LogP contribution in [0.4, 0.5) is 4.39 Å². The van der Waals surface area contributed by atoms with E-state index in [2.05, 4.69) is 22.4 Å². The minimum absolute atomic E-state index is 0.0545. The number of para-hydroxylation sites is 1. The number of hydrogen-bond donors (Lipinski definition) is 2. The van der Waals surface area contributed by atoms with E-state index in [0.29, 0.717) is 13.1 Å². The molecule has 3 aromatic rings. The lowest BCUT2D eigenvalue weighted by molar-refractivity contribution is -0.133. The van der Waals surface area contributed by atoms with Gasteiger partial charge in [0.25, 0.3) is 5.91 Å². The van der Waals surface area contributed by atoms with Crippen molar-refractivity contribution in [3.8, 4) is 0 Å². The molecular formula is C25H26FN3O2. The van der Waals surface area contributed by atoms with Gasteiger partial charge in [-0.1, -0.05) is 50.3 Å². The summed E-state index contributed by atoms with van der Waals surface area (Å²) in [6, 6.07) is 13.2. The Balaban J connectivity index is 1.48. The molecule has 1 aliphatic rings. The van der Waals surface area contributed by atoms with Crippen LogP contribution in [0.2, 0.25) is 0 Å². The van der Waals surface area contributed by atoms with Crippen molar-refractivity contribution in [1.82, 2.24) is 15.2 Å². The molecule has 2 amide bonds. The molecule has 6 heteroatoms. The Morgan fingerprint density at radius 2 is 1.84 bits per heavy atom. The highest BCUT2D eigenvalue weighted by Crippen LogP contribution is 2.29. The molecule has 31 heavy (non-hydrogen) atoms. The Morgan fingerprint density at radius 1 is 1.10 bits per heavy atom. The SMILES string of the molecule is CC(C)C(NC(=O)c1ccccc1F)C(=O)N1CC=C(c2c[nH]c3ccccc23)CC1. The average molecular weight is 420 g/mol.